The maximum atomic E-state index is 13.7. The summed E-state index contributed by atoms with van der Waals surface area (Å²) in [5, 5.41) is 10.9. The van der Waals surface area contributed by atoms with E-state index >= 15 is 0 Å². The molecule has 9 nitrogen and oxygen atoms in total. The van der Waals surface area contributed by atoms with E-state index in [1.54, 1.807) is 21.3 Å². The molecule has 0 bridgehead atoms. The summed E-state index contributed by atoms with van der Waals surface area (Å²) in [6.45, 7) is 4.87. The summed E-state index contributed by atoms with van der Waals surface area (Å²) < 4.78 is 22.2. The molecule has 5 rings (SSSR count). The molecule has 2 heterocycles. The van der Waals surface area contributed by atoms with Crippen LogP contribution in [0.25, 0.3) is 22.0 Å². The second-order valence-electron chi connectivity index (χ2n) is 9.06. The van der Waals surface area contributed by atoms with E-state index in [0.29, 0.717) is 67.0 Å². The van der Waals surface area contributed by atoms with Gasteiger partial charge < -0.3 is 28.7 Å². The minimum Gasteiger partial charge on any atom is -0.493 e. The lowest BCUT2D eigenvalue weighted by Crippen LogP contribution is -2.49. The number of ether oxygens (including phenoxy) is 4. The largest absolute Gasteiger partial charge is 0.493 e. The number of fused-ring (bicyclic) bond motifs is 1. The zero-order valence-electron chi connectivity index (χ0n) is 22.6. The average molecular weight is 529 g/mol. The number of rotatable bonds is 8. The number of anilines is 1. The normalized spacial score (nSPS) is 13.3. The molecular formula is C30H32N4O5. The number of piperazine rings is 1. The second-order valence-corrected chi connectivity index (χ2v) is 9.06. The summed E-state index contributed by atoms with van der Waals surface area (Å²) in [7, 11) is 4.73. The molecule has 202 valence electrons. The molecule has 1 saturated heterocycles. The number of benzene rings is 3. The van der Waals surface area contributed by atoms with E-state index in [1.165, 1.54) is 0 Å². The van der Waals surface area contributed by atoms with Crippen LogP contribution < -0.4 is 23.8 Å². The van der Waals surface area contributed by atoms with Gasteiger partial charge in [0.15, 0.2) is 17.3 Å². The summed E-state index contributed by atoms with van der Waals surface area (Å²) in [5.74, 6) is 3.00. The Kier molecular flexibility index (Phi) is 7.67. The zero-order chi connectivity index (χ0) is 27.4. The van der Waals surface area contributed by atoms with Crippen LogP contribution >= 0.6 is 0 Å². The first kappa shape index (κ1) is 26.1. The second kappa shape index (κ2) is 11.5. The van der Waals surface area contributed by atoms with Crippen molar-refractivity contribution in [2.75, 3.05) is 59.0 Å². The zero-order valence-corrected chi connectivity index (χ0v) is 22.6. The molecule has 0 radical (unpaired) electrons. The lowest BCUT2D eigenvalue weighted by Gasteiger charge is -2.35. The molecule has 0 unspecified atom stereocenters. The minimum absolute atomic E-state index is 0.0151. The van der Waals surface area contributed by atoms with Crippen LogP contribution in [-0.4, -0.2) is 75.1 Å². The van der Waals surface area contributed by atoms with Crippen molar-refractivity contribution < 1.29 is 23.7 Å². The Morgan fingerprint density at radius 3 is 2.15 bits per heavy atom. The van der Waals surface area contributed by atoms with Crippen molar-refractivity contribution in [3.63, 3.8) is 0 Å². The van der Waals surface area contributed by atoms with Crippen molar-refractivity contribution in [3.8, 4) is 34.3 Å². The van der Waals surface area contributed by atoms with Crippen molar-refractivity contribution in [2.45, 2.75) is 6.92 Å². The number of carbonyl (C=O) groups is 1. The fourth-order valence-electron chi connectivity index (χ4n) is 4.92. The number of amides is 1. The van der Waals surface area contributed by atoms with Gasteiger partial charge in [0.25, 0.3) is 5.91 Å². The minimum atomic E-state index is -0.0151. The number of carbonyl (C=O) groups excluding carboxylic acids is 1. The molecular weight excluding hydrogens is 496 g/mol. The highest BCUT2D eigenvalue weighted by Crippen LogP contribution is 2.40. The summed E-state index contributed by atoms with van der Waals surface area (Å²) in [6, 6.07) is 19.4. The molecule has 1 aromatic heterocycles. The van der Waals surface area contributed by atoms with Gasteiger partial charge in [-0.3, -0.25) is 4.79 Å². The van der Waals surface area contributed by atoms with Crippen molar-refractivity contribution in [3.05, 3.63) is 66.2 Å². The van der Waals surface area contributed by atoms with Crippen LogP contribution in [0.4, 0.5) is 5.82 Å². The molecule has 0 spiro atoms. The van der Waals surface area contributed by atoms with E-state index in [1.807, 2.05) is 72.5 Å². The molecule has 1 fully saturated rings. The summed E-state index contributed by atoms with van der Waals surface area (Å²) in [5.41, 5.74) is 2.11. The summed E-state index contributed by atoms with van der Waals surface area (Å²) in [4.78, 5) is 17.7. The molecule has 1 amide bonds. The number of nitrogens with zero attached hydrogens (tertiary/aromatic N) is 4. The average Bonchev–Trinajstić information content (AvgIpc) is 3.00. The molecule has 1 aliphatic rings. The SMILES string of the molecule is CCOc1ccc2ccccc2c1C(=O)N1CCN(c2ccc(-c3cc(OC)c(OC)c(OC)c3)nn2)CC1. The van der Waals surface area contributed by atoms with E-state index in [0.717, 1.165) is 22.2 Å². The molecule has 0 N–H and O–H groups in total. The van der Waals surface area contributed by atoms with Crippen LogP contribution in [0.1, 0.15) is 17.3 Å². The Balaban J connectivity index is 1.31. The molecule has 9 heteroatoms. The standard InChI is InChI=1S/C30H32N4O5/c1-5-39-24-12-10-20-8-6-7-9-22(20)28(24)30(35)34-16-14-33(15-17-34)27-13-11-23(31-32-27)21-18-25(36-2)29(38-4)26(19-21)37-3/h6-13,18-19H,5,14-17H2,1-4H3. The van der Waals surface area contributed by atoms with Crippen LogP contribution in [-0.2, 0) is 0 Å². The molecule has 4 aromatic rings. The molecule has 39 heavy (non-hydrogen) atoms. The number of hydrogen-bond donors (Lipinski definition) is 0. The number of hydrogen-bond acceptors (Lipinski definition) is 8. The van der Waals surface area contributed by atoms with Gasteiger partial charge in [-0.25, -0.2) is 0 Å². The Morgan fingerprint density at radius 1 is 0.821 bits per heavy atom. The van der Waals surface area contributed by atoms with Gasteiger partial charge in [-0.15, -0.1) is 10.2 Å². The Hall–Kier alpha value is -4.53. The fraction of sp³-hybridized carbons (Fsp3) is 0.300. The maximum Gasteiger partial charge on any atom is 0.258 e. The van der Waals surface area contributed by atoms with Crippen LogP contribution in [0, 0.1) is 0 Å². The summed E-state index contributed by atoms with van der Waals surface area (Å²) in [6.07, 6.45) is 0. The monoisotopic (exact) mass is 528 g/mol. The van der Waals surface area contributed by atoms with Crippen molar-refractivity contribution in [1.29, 1.82) is 0 Å². The topological polar surface area (TPSA) is 86.3 Å². The first-order chi connectivity index (χ1) is 19.1. The summed E-state index contributed by atoms with van der Waals surface area (Å²) >= 11 is 0. The molecule has 3 aromatic carbocycles. The maximum absolute atomic E-state index is 13.7. The molecule has 0 atom stereocenters. The predicted octanol–water partition coefficient (Wildman–Crippen LogP) is 4.68. The quantitative estimate of drug-likeness (QED) is 0.326. The fourth-order valence-corrected chi connectivity index (χ4v) is 4.92. The van der Waals surface area contributed by atoms with Crippen LogP contribution in [0.5, 0.6) is 23.0 Å². The highest BCUT2D eigenvalue weighted by atomic mass is 16.5. The van der Waals surface area contributed by atoms with Gasteiger partial charge >= 0.3 is 0 Å². The van der Waals surface area contributed by atoms with Gasteiger partial charge in [0.1, 0.15) is 5.75 Å². The van der Waals surface area contributed by atoms with Crippen molar-refractivity contribution in [2.24, 2.45) is 0 Å². The third-order valence-corrected chi connectivity index (χ3v) is 6.91. The lowest BCUT2D eigenvalue weighted by atomic mass is 10.0. The van der Waals surface area contributed by atoms with Crippen LogP contribution in [0.15, 0.2) is 60.7 Å². The van der Waals surface area contributed by atoms with Gasteiger partial charge in [-0.05, 0) is 48.0 Å². The van der Waals surface area contributed by atoms with Gasteiger partial charge in [-0.2, -0.15) is 0 Å². The van der Waals surface area contributed by atoms with Crippen LogP contribution in [0.2, 0.25) is 0 Å². The predicted molar refractivity (Wildman–Crippen MR) is 150 cm³/mol. The first-order valence-corrected chi connectivity index (χ1v) is 12.9. The van der Waals surface area contributed by atoms with E-state index in [2.05, 4.69) is 15.1 Å². The third kappa shape index (κ3) is 5.12. The van der Waals surface area contributed by atoms with E-state index < -0.39 is 0 Å². The lowest BCUT2D eigenvalue weighted by molar-refractivity contribution is 0.0744. The highest BCUT2D eigenvalue weighted by molar-refractivity contribution is 6.09. The van der Waals surface area contributed by atoms with Crippen LogP contribution in [0.3, 0.4) is 0 Å². The number of methoxy groups -OCH3 is 3. The molecule has 0 aliphatic carbocycles. The third-order valence-electron chi connectivity index (χ3n) is 6.91. The number of aromatic nitrogens is 2. The van der Waals surface area contributed by atoms with Gasteiger partial charge in [0.2, 0.25) is 5.75 Å². The van der Waals surface area contributed by atoms with Crippen molar-refractivity contribution >= 4 is 22.5 Å². The highest BCUT2D eigenvalue weighted by Gasteiger charge is 2.27. The van der Waals surface area contributed by atoms with E-state index in [-0.39, 0.29) is 5.91 Å². The van der Waals surface area contributed by atoms with E-state index in [4.69, 9.17) is 18.9 Å². The molecule has 1 aliphatic heterocycles. The van der Waals surface area contributed by atoms with Crippen molar-refractivity contribution in [1.82, 2.24) is 15.1 Å². The Morgan fingerprint density at radius 2 is 1.54 bits per heavy atom. The smallest absolute Gasteiger partial charge is 0.258 e. The van der Waals surface area contributed by atoms with Gasteiger partial charge in [-0.1, -0.05) is 30.3 Å². The Bertz CT molecular complexity index is 1440. The first-order valence-electron chi connectivity index (χ1n) is 12.9. The van der Waals surface area contributed by atoms with Gasteiger partial charge in [0, 0.05) is 31.7 Å². The van der Waals surface area contributed by atoms with E-state index in [9.17, 15) is 4.79 Å². The molecule has 0 saturated carbocycles. The Labute approximate surface area is 227 Å². The van der Waals surface area contributed by atoms with Gasteiger partial charge in [0.05, 0.1) is 39.2 Å².